The molecule has 0 spiro atoms. The Morgan fingerprint density at radius 2 is 2.17 bits per heavy atom. The molecular weight excluding hydrogens is 308 g/mol. The number of rotatable bonds is 2. The van der Waals surface area contributed by atoms with Gasteiger partial charge in [-0.3, -0.25) is 9.78 Å². The number of pyridine rings is 2. The van der Waals surface area contributed by atoms with Crippen LogP contribution in [0.1, 0.15) is 34.8 Å². The largest absolute Gasteiger partial charge is 0.329 e. The van der Waals surface area contributed by atoms with Crippen molar-refractivity contribution in [1.82, 2.24) is 19.9 Å². The van der Waals surface area contributed by atoms with Crippen molar-refractivity contribution >= 4 is 27.6 Å². The molecule has 0 bridgehead atoms. The van der Waals surface area contributed by atoms with Crippen molar-refractivity contribution in [2.45, 2.75) is 19.4 Å². The Morgan fingerprint density at radius 1 is 1.30 bits per heavy atom. The number of fused-ring (bicyclic) bond motifs is 1. The van der Waals surface area contributed by atoms with E-state index >= 15 is 0 Å². The predicted octanol–water partition coefficient (Wildman–Crippen LogP) is 3.31. The topological polar surface area (TPSA) is 59.0 Å². The number of carbonyl (C=O) groups excluding carboxylic acids is 1. The van der Waals surface area contributed by atoms with Crippen LogP contribution in [0, 0.1) is 5.92 Å². The van der Waals surface area contributed by atoms with E-state index < -0.39 is 0 Å². The van der Waals surface area contributed by atoms with Crippen molar-refractivity contribution in [3.8, 4) is 0 Å². The van der Waals surface area contributed by atoms with Gasteiger partial charge in [-0.25, -0.2) is 9.97 Å². The van der Waals surface area contributed by atoms with Crippen LogP contribution in [0.4, 0.5) is 0 Å². The highest BCUT2D eigenvalue weighted by Gasteiger charge is 2.35. The summed E-state index contributed by atoms with van der Waals surface area (Å²) in [5.41, 5.74) is 1.87. The van der Waals surface area contributed by atoms with Gasteiger partial charge in [-0.15, -0.1) is 0 Å². The molecule has 1 saturated heterocycles. The van der Waals surface area contributed by atoms with Crippen LogP contribution in [-0.2, 0) is 0 Å². The highest BCUT2D eigenvalue weighted by Crippen LogP contribution is 2.36. The van der Waals surface area contributed by atoms with Crippen molar-refractivity contribution in [2.24, 2.45) is 5.92 Å². The minimum absolute atomic E-state index is 0.00815. The minimum atomic E-state index is -0.00815. The molecule has 0 aromatic carbocycles. The third-order valence-electron chi connectivity index (χ3n) is 4.19. The molecule has 0 aliphatic carbocycles. The molecule has 3 aromatic rings. The second-order valence-electron chi connectivity index (χ2n) is 5.95. The maximum Gasteiger partial charge on any atom is 0.283 e. The second-order valence-corrected chi connectivity index (χ2v) is 6.92. The quantitative estimate of drug-likeness (QED) is 0.725. The number of hydrogen-bond acceptors (Lipinski definition) is 5. The summed E-state index contributed by atoms with van der Waals surface area (Å²) in [7, 11) is 0. The third kappa shape index (κ3) is 2.59. The number of hydrogen-bond donors (Lipinski definition) is 0. The van der Waals surface area contributed by atoms with E-state index in [1.807, 2.05) is 35.4 Å². The Labute approximate surface area is 138 Å². The van der Waals surface area contributed by atoms with E-state index in [9.17, 15) is 4.79 Å². The molecular formula is C17H16N4OS. The van der Waals surface area contributed by atoms with Gasteiger partial charge in [-0.1, -0.05) is 24.3 Å². The second kappa shape index (κ2) is 5.70. The maximum atomic E-state index is 13.0. The van der Waals surface area contributed by atoms with E-state index in [-0.39, 0.29) is 11.9 Å². The van der Waals surface area contributed by atoms with E-state index in [0.717, 1.165) is 28.9 Å². The Bertz CT molecular complexity index is 815. The Kier molecular flexibility index (Phi) is 3.53. The van der Waals surface area contributed by atoms with Crippen LogP contribution in [0.2, 0.25) is 0 Å². The van der Waals surface area contributed by atoms with Gasteiger partial charge in [0.15, 0.2) is 5.01 Å². The van der Waals surface area contributed by atoms with Crippen molar-refractivity contribution in [3.05, 3.63) is 53.4 Å². The number of likely N-dealkylation sites (tertiary alicyclic amines) is 1. The van der Waals surface area contributed by atoms with Crippen molar-refractivity contribution < 1.29 is 4.79 Å². The molecule has 6 heteroatoms. The standard InChI is InChI=1S/C17H16N4OS/c1-11-8-14(12-4-2-6-18-9-12)21(10-11)17(22)16-20-13-5-3-7-19-15(13)23-16/h2-7,9,11,14H,8,10H2,1H3/t11-,14-/m0/s1. The molecule has 2 atom stereocenters. The average molecular weight is 324 g/mol. The lowest BCUT2D eigenvalue weighted by atomic mass is 10.0. The molecule has 1 fully saturated rings. The van der Waals surface area contributed by atoms with Gasteiger partial charge in [-0.2, -0.15) is 0 Å². The van der Waals surface area contributed by atoms with E-state index in [1.165, 1.54) is 11.3 Å². The average Bonchev–Trinajstić information content (AvgIpc) is 3.18. The van der Waals surface area contributed by atoms with Gasteiger partial charge < -0.3 is 4.90 Å². The SMILES string of the molecule is C[C@H]1C[C@@H](c2cccnc2)N(C(=O)c2nc3cccnc3s2)C1. The third-order valence-corrected chi connectivity index (χ3v) is 5.16. The summed E-state index contributed by atoms with van der Waals surface area (Å²) in [5, 5.41) is 0.515. The summed E-state index contributed by atoms with van der Waals surface area (Å²) in [6, 6.07) is 7.76. The molecule has 23 heavy (non-hydrogen) atoms. The molecule has 5 nitrogen and oxygen atoms in total. The first-order valence-electron chi connectivity index (χ1n) is 7.65. The molecule has 3 aromatic heterocycles. The molecule has 1 amide bonds. The molecule has 1 aliphatic heterocycles. The first-order valence-corrected chi connectivity index (χ1v) is 8.46. The van der Waals surface area contributed by atoms with Crippen LogP contribution in [0.3, 0.4) is 0 Å². The molecule has 0 N–H and O–H groups in total. The summed E-state index contributed by atoms with van der Waals surface area (Å²) in [4.78, 5) is 28.6. The van der Waals surface area contributed by atoms with Gasteiger partial charge in [-0.05, 0) is 36.1 Å². The number of amides is 1. The van der Waals surface area contributed by atoms with E-state index in [0.29, 0.717) is 10.9 Å². The zero-order chi connectivity index (χ0) is 15.8. The van der Waals surface area contributed by atoms with Gasteiger partial charge >= 0.3 is 0 Å². The van der Waals surface area contributed by atoms with Crippen molar-refractivity contribution in [2.75, 3.05) is 6.54 Å². The normalized spacial score (nSPS) is 21.0. The number of aromatic nitrogens is 3. The summed E-state index contributed by atoms with van der Waals surface area (Å²) < 4.78 is 0. The maximum absolute atomic E-state index is 13.0. The smallest absolute Gasteiger partial charge is 0.283 e. The van der Waals surface area contributed by atoms with Crippen molar-refractivity contribution in [1.29, 1.82) is 0 Å². The van der Waals surface area contributed by atoms with Gasteiger partial charge in [0, 0.05) is 25.1 Å². The van der Waals surface area contributed by atoms with E-state index in [2.05, 4.69) is 21.9 Å². The van der Waals surface area contributed by atoms with Crippen LogP contribution in [0.15, 0.2) is 42.9 Å². The van der Waals surface area contributed by atoms with Gasteiger partial charge in [0.05, 0.1) is 6.04 Å². The predicted molar refractivity (Wildman–Crippen MR) is 89.2 cm³/mol. The Balaban J connectivity index is 1.68. The van der Waals surface area contributed by atoms with Crippen molar-refractivity contribution in [3.63, 3.8) is 0 Å². The number of carbonyl (C=O) groups is 1. The Hall–Kier alpha value is -2.34. The molecule has 116 valence electrons. The lowest BCUT2D eigenvalue weighted by molar-refractivity contribution is 0.0732. The summed E-state index contributed by atoms with van der Waals surface area (Å²) in [6.45, 7) is 2.93. The minimum Gasteiger partial charge on any atom is -0.329 e. The molecule has 4 rings (SSSR count). The Morgan fingerprint density at radius 3 is 2.96 bits per heavy atom. The highest BCUT2D eigenvalue weighted by molar-refractivity contribution is 7.19. The first kappa shape index (κ1) is 14.3. The first-order chi connectivity index (χ1) is 11.2. The summed E-state index contributed by atoms with van der Waals surface area (Å²) >= 11 is 1.36. The summed E-state index contributed by atoms with van der Waals surface area (Å²) in [5.74, 6) is 0.461. The number of nitrogens with zero attached hydrogens (tertiary/aromatic N) is 4. The van der Waals surface area contributed by atoms with Crippen LogP contribution in [0.5, 0.6) is 0 Å². The highest BCUT2D eigenvalue weighted by atomic mass is 32.1. The van der Waals surface area contributed by atoms with Crippen LogP contribution in [0.25, 0.3) is 10.3 Å². The van der Waals surface area contributed by atoms with Gasteiger partial charge in [0.1, 0.15) is 10.3 Å². The lowest BCUT2D eigenvalue weighted by Gasteiger charge is -2.23. The molecule has 0 radical (unpaired) electrons. The molecule has 4 heterocycles. The molecule has 1 aliphatic rings. The zero-order valence-electron chi connectivity index (χ0n) is 12.7. The van der Waals surface area contributed by atoms with Gasteiger partial charge in [0.2, 0.25) is 0 Å². The van der Waals surface area contributed by atoms with Crippen LogP contribution in [-0.4, -0.2) is 32.3 Å². The zero-order valence-corrected chi connectivity index (χ0v) is 13.5. The number of thiazole rings is 1. The van der Waals surface area contributed by atoms with Crippen LogP contribution < -0.4 is 0 Å². The lowest BCUT2D eigenvalue weighted by Crippen LogP contribution is -2.31. The molecule has 0 saturated carbocycles. The van der Waals surface area contributed by atoms with Gasteiger partial charge in [0.25, 0.3) is 5.91 Å². The summed E-state index contributed by atoms with van der Waals surface area (Å²) in [6.07, 6.45) is 6.29. The van der Waals surface area contributed by atoms with Crippen LogP contribution >= 0.6 is 11.3 Å². The molecule has 0 unspecified atom stereocenters. The fraction of sp³-hybridized carbons (Fsp3) is 0.294. The fourth-order valence-electron chi connectivity index (χ4n) is 3.14. The van der Waals surface area contributed by atoms with E-state index in [1.54, 1.807) is 12.4 Å². The fourth-order valence-corrected chi connectivity index (χ4v) is 4.01. The van der Waals surface area contributed by atoms with E-state index in [4.69, 9.17) is 0 Å². The monoisotopic (exact) mass is 324 g/mol.